The van der Waals surface area contributed by atoms with Crippen LogP contribution in [0.1, 0.15) is 44.5 Å². The van der Waals surface area contributed by atoms with Crippen LogP contribution in [0.25, 0.3) is 118 Å². The predicted molar refractivity (Wildman–Crippen MR) is 318 cm³/mol. The summed E-state index contributed by atoms with van der Waals surface area (Å²) in [7, 11) is 0. The third-order valence-corrected chi connectivity index (χ3v) is 15.2. The highest BCUT2D eigenvalue weighted by atomic mass is 35.5. The van der Waals surface area contributed by atoms with Gasteiger partial charge < -0.3 is 5.73 Å². The number of benzene rings is 10. The summed E-state index contributed by atoms with van der Waals surface area (Å²) in [6.07, 6.45) is 0. The van der Waals surface area contributed by atoms with Gasteiger partial charge >= 0.3 is 0 Å². The van der Waals surface area contributed by atoms with Crippen LogP contribution in [0, 0.1) is 0 Å². The van der Waals surface area contributed by atoms with E-state index in [1.54, 1.807) is 0 Å². The van der Waals surface area contributed by atoms with E-state index in [0.29, 0.717) is 49.7 Å². The molecule has 10 aromatic carbocycles. The maximum atomic E-state index is 8.65. The molecule has 10 aromatic rings. The van der Waals surface area contributed by atoms with Crippen molar-refractivity contribution >= 4 is 168 Å². The van der Waals surface area contributed by atoms with Gasteiger partial charge in [0.25, 0.3) is 0 Å². The molecule has 0 aliphatic carbocycles. The van der Waals surface area contributed by atoms with E-state index >= 15 is 0 Å². The van der Waals surface area contributed by atoms with E-state index in [1.807, 2.05) is 0 Å². The molecular formula is C54H48Cl4N12S3. The number of alkyl halides is 4. The molecule has 0 saturated carbocycles. The molecule has 2 heterocycles. The average Bonchev–Trinajstić information content (AvgIpc) is 3.43. The van der Waals surface area contributed by atoms with E-state index in [1.165, 1.54) is 108 Å². The lowest BCUT2D eigenvalue weighted by Crippen LogP contribution is -2.29. The van der Waals surface area contributed by atoms with Gasteiger partial charge in [-0.2, -0.15) is 13.5 Å². The second-order valence-corrected chi connectivity index (χ2v) is 18.9. The number of hydrogen-bond acceptors (Lipinski definition) is 8. The number of rotatable bonds is 12. The van der Waals surface area contributed by atoms with Crippen LogP contribution in [-0.2, 0) is 72.1 Å². The van der Waals surface area contributed by atoms with Crippen LogP contribution in [0.3, 0.4) is 0 Å². The molecule has 73 heavy (non-hydrogen) atoms. The van der Waals surface area contributed by atoms with E-state index in [9.17, 15) is 0 Å². The first-order chi connectivity index (χ1) is 35.4. The Morgan fingerprint density at radius 2 is 0.644 bits per heavy atom. The molecule has 2 aliphatic rings. The van der Waals surface area contributed by atoms with Crippen molar-refractivity contribution in [1.82, 2.24) is 9.80 Å². The van der Waals surface area contributed by atoms with Crippen molar-refractivity contribution in [1.29, 1.82) is 0 Å². The number of halogens is 4. The Morgan fingerprint density at radius 1 is 0.397 bits per heavy atom. The highest BCUT2D eigenvalue weighted by Gasteiger charge is 2.26. The van der Waals surface area contributed by atoms with E-state index in [4.69, 9.17) is 68.7 Å². The molecule has 0 saturated heterocycles. The van der Waals surface area contributed by atoms with Gasteiger partial charge in [-0.25, -0.2) is 0 Å². The quantitative estimate of drug-likeness (QED) is 0.0319. The van der Waals surface area contributed by atoms with Crippen LogP contribution < -0.4 is 5.73 Å². The molecule has 2 aliphatic heterocycles. The normalized spacial score (nSPS) is 12.9. The third-order valence-electron chi connectivity index (χ3n) is 14.1. The van der Waals surface area contributed by atoms with Crippen LogP contribution in [0.15, 0.2) is 112 Å². The number of azide groups is 3. The molecule has 0 bridgehead atoms. The Hall–Kier alpha value is -5.44. The third kappa shape index (κ3) is 9.88. The molecule has 19 heteroatoms. The summed E-state index contributed by atoms with van der Waals surface area (Å²) >= 11 is 32.5. The topological polar surface area (TPSA) is 179 Å². The molecule has 12 nitrogen and oxygen atoms in total. The van der Waals surface area contributed by atoms with Crippen molar-refractivity contribution in [2.24, 2.45) is 21.1 Å². The second-order valence-electron chi connectivity index (χ2n) is 17.8. The van der Waals surface area contributed by atoms with Gasteiger partial charge in [0, 0.05) is 120 Å². The van der Waals surface area contributed by atoms with Gasteiger partial charge in [-0.15, -0.1) is 46.4 Å². The number of fused-ring (bicyclic) bond motifs is 4. The Labute approximate surface area is 457 Å². The van der Waals surface area contributed by atoms with Crippen molar-refractivity contribution in [2.45, 2.75) is 49.7 Å². The summed E-state index contributed by atoms with van der Waals surface area (Å²) in [6.45, 7) is 6.85. The fourth-order valence-corrected chi connectivity index (χ4v) is 12.2. The Balaban J connectivity index is 0.000000172. The number of nitrogens with zero attached hydrogens (tertiary/aromatic N) is 11. The minimum absolute atomic E-state index is 0. The van der Waals surface area contributed by atoms with Crippen molar-refractivity contribution in [2.75, 3.05) is 39.3 Å². The molecule has 0 spiro atoms. The zero-order chi connectivity index (χ0) is 50.5. The van der Waals surface area contributed by atoms with Gasteiger partial charge in [0.05, 0.1) is 0 Å². The van der Waals surface area contributed by atoms with E-state index in [0.717, 1.165) is 61.5 Å². The fraction of sp³-hybridized carbons (Fsp3) is 0.259. The van der Waals surface area contributed by atoms with Gasteiger partial charge in [0.15, 0.2) is 0 Å². The summed E-state index contributed by atoms with van der Waals surface area (Å²) in [5, 5.41) is 31.2. The first kappa shape index (κ1) is 53.8. The molecule has 0 fully saturated rings. The Kier molecular flexibility index (Phi) is 17.9. The van der Waals surface area contributed by atoms with Crippen LogP contribution in [0.4, 0.5) is 0 Å². The SMILES string of the molecule is ClCc1ccc2c3ccc(CCl)c4c(CCl)ccc(c5ccc(CCl)c1c25)c43.S.S=S.[N-]=[N+]=NCCN.[N-]=[N+]=NCCN1Cc2ccc3c4ccc5c6c(ccc(c7ccc(c2c37)C1)c64)CN(CCN=[N+]=[N-])C5. The molecule has 0 radical (unpaired) electrons. The lowest BCUT2D eigenvalue weighted by Gasteiger charge is -2.31. The van der Waals surface area contributed by atoms with Crippen LogP contribution >= 0.6 is 59.9 Å². The number of hydrogen-bond donors (Lipinski definition) is 1. The minimum Gasteiger partial charge on any atom is -0.330 e. The molecule has 370 valence electrons. The van der Waals surface area contributed by atoms with Crippen LogP contribution in [-0.4, -0.2) is 49.1 Å². The summed E-state index contributed by atoms with van der Waals surface area (Å²) in [4.78, 5) is 13.0. The lowest BCUT2D eigenvalue weighted by atomic mass is 9.83. The van der Waals surface area contributed by atoms with Crippen molar-refractivity contribution in [3.8, 4) is 0 Å². The van der Waals surface area contributed by atoms with Gasteiger partial charge in [-0.3, -0.25) is 9.80 Å². The molecule has 2 N–H and O–H groups in total. The first-order valence-corrected chi connectivity index (χ1v) is 26.8. The monoisotopic (exact) mass is 1100 g/mol. The average molecular weight is 1100 g/mol. The van der Waals surface area contributed by atoms with Gasteiger partial charge in [-0.05, 0) is 154 Å². The largest absolute Gasteiger partial charge is 0.330 e. The van der Waals surface area contributed by atoms with Crippen LogP contribution in [0.5, 0.6) is 0 Å². The maximum absolute atomic E-state index is 8.65. The summed E-state index contributed by atoms with van der Waals surface area (Å²) in [5.74, 6) is 1.84. The van der Waals surface area contributed by atoms with Gasteiger partial charge in [0.1, 0.15) is 0 Å². The van der Waals surface area contributed by atoms with Crippen LogP contribution in [0.2, 0.25) is 0 Å². The zero-order valence-electron chi connectivity index (χ0n) is 39.5. The molecule has 12 rings (SSSR count). The minimum atomic E-state index is 0. The van der Waals surface area contributed by atoms with Crippen molar-refractivity contribution in [3.63, 3.8) is 0 Å². The molecule has 0 atom stereocenters. The molecule has 0 amide bonds. The predicted octanol–water partition coefficient (Wildman–Crippen LogP) is 16.0. The second kappa shape index (κ2) is 24.3. The van der Waals surface area contributed by atoms with Gasteiger partial charge in [0.2, 0.25) is 0 Å². The zero-order valence-corrected chi connectivity index (χ0v) is 45.1. The Bertz CT molecular complexity index is 3410. The lowest BCUT2D eigenvalue weighted by molar-refractivity contribution is 0.260. The summed E-state index contributed by atoms with van der Waals surface area (Å²) in [6, 6.07) is 35.7. The van der Waals surface area contributed by atoms with Crippen molar-refractivity contribution in [3.05, 3.63) is 173 Å². The Morgan fingerprint density at radius 3 is 0.877 bits per heavy atom. The molecular weight excluding hydrogens is 1050 g/mol. The maximum Gasteiger partial charge on any atom is 0.0480 e. The highest BCUT2D eigenvalue weighted by Crippen LogP contribution is 2.47. The molecule has 0 aromatic heterocycles. The fourth-order valence-electron chi connectivity index (χ4n) is 11.3. The standard InChI is InChI=1S/C28H24N8.C24H16Cl4.C2H6N4.S2.H2S/c29-33-31-9-11-35-13-17-1-5-21-22-6-3-19-15-36(12-10-32-34-30)16-20-4-8-24(28(22)26(19)20)23-7-2-18(14-35)25(17)27(21)23;25-9-13-1-5-17-18-6-3-15(11-27)22-16(12-28)4-8-20(24(18)22)19-7-2-14(10-26)21(13)23(17)19;3-1-2-5-6-4;1-2;/h1-8H,9-16H2;1-8H,9-12H2;1-3H2;;1H2. The first-order valence-electron chi connectivity index (χ1n) is 23.3. The van der Waals surface area contributed by atoms with Crippen molar-refractivity contribution < 1.29 is 0 Å². The smallest absolute Gasteiger partial charge is 0.0480 e. The van der Waals surface area contributed by atoms with E-state index < -0.39 is 0 Å². The van der Waals surface area contributed by atoms with E-state index in [-0.39, 0.29) is 13.5 Å². The number of nitrogens with two attached hydrogens (primary N) is 1. The summed E-state index contributed by atoms with van der Waals surface area (Å²) in [5.41, 5.74) is 39.7. The highest BCUT2D eigenvalue weighted by molar-refractivity contribution is 8.07. The molecule has 0 unspecified atom stereocenters. The van der Waals surface area contributed by atoms with Gasteiger partial charge in [-0.1, -0.05) is 112 Å². The van der Waals surface area contributed by atoms with E-state index in [2.05, 4.69) is 159 Å². The summed E-state index contributed by atoms with van der Waals surface area (Å²) < 4.78 is 0.